The average molecular weight is 467 g/mol. The van der Waals surface area contributed by atoms with E-state index >= 15 is 0 Å². The number of hydrogen-bond donors (Lipinski definition) is 0. The lowest BCUT2D eigenvalue weighted by molar-refractivity contribution is -0.138. The van der Waals surface area contributed by atoms with Crippen molar-refractivity contribution in [3.63, 3.8) is 0 Å². The Hall–Kier alpha value is -3.48. The molecule has 7 heteroatoms. The average Bonchev–Trinajstić information content (AvgIpc) is 3.54. The maximum absolute atomic E-state index is 13.4. The van der Waals surface area contributed by atoms with Crippen LogP contribution in [0.15, 0.2) is 66.9 Å². The molecule has 176 valence electrons. The van der Waals surface area contributed by atoms with Crippen LogP contribution in [0.25, 0.3) is 22.2 Å². The van der Waals surface area contributed by atoms with Gasteiger partial charge in [-0.3, -0.25) is 0 Å². The van der Waals surface area contributed by atoms with Crippen molar-refractivity contribution < 1.29 is 22.6 Å². The van der Waals surface area contributed by atoms with Gasteiger partial charge in [0.05, 0.1) is 11.6 Å². The van der Waals surface area contributed by atoms with Gasteiger partial charge in [0.25, 0.3) is 0 Å². The van der Waals surface area contributed by atoms with E-state index in [0.29, 0.717) is 11.7 Å². The Bertz CT molecular complexity index is 1310. The van der Waals surface area contributed by atoms with Gasteiger partial charge in [0, 0.05) is 29.9 Å². The van der Waals surface area contributed by atoms with Crippen molar-refractivity contribution in [2.75, 3.05) is 0 Å². The number of aromatic nitrogens is 2. The smallest absolute Gasteiger partial charge is 0.421 e. The Morgan fingerprint density at radius 3 is 2.41 bits per heavy atom. The maximum Gasteiger partial charge on any atom is 0.421 e. The minimum atomic E-state index is -4.54. The van der Waals surface area contributed by atoms with Crippen molar-refractivity contribution in [3.05, 3.63) is 72.4 Å². The van der Waals surface area contributed by atoms with E-state index in [-0.39, 0.29) is 6.10 Å². The van der Waals surface area contributed by atoms with Gasteiger partial charge in [0.1, 0.15) is 17.1 Å². The molecule has 2 heterocycles. The first-order valence-electron chi connectivity index (χ1n) is 11.4. The Labute approximate surface area is 196 Å². The molecular weight excluding hydrogens is 441 g/mol. The molecule has 0 saturated heterocycles. The van der Waals surface area contributed by atoms with Gasteiger partial charge in [0.15, 0.2) is 0 Å². The van der Waals surface area contributed by atoms with E-state index in [1.54, 1.807) is 12.1 Å². The van der Waals surface area contributed by atoms with Crippen LogP contribution in [0.2, 0.25) is 0 Å². The number of hydrogen-bond acceptors (Lipinski definition) is 3. The first-order valence-corrected chi connectivity index (χ1v) is 11.4. The van der Waals surface area contributed by atoms with Gasteiger partial charge in [-0.2, -0.15) is 13.2 Å². The fourth-order valence-corrected chi connectivity index (χ4v) is 4.07. The molecular formula is C27H25F3N2O2. The molecule has 0 radical (unpaired) electrons. The summed E-state index contributed by atoms with van der Waals surface area (Å²) in [7, 11) is 0. The van der Waals surface area contributed by atoms with Gasteiger partial charge in [-0.15, -0.1) is 0 Å². The Kier molecular flexibility index (Phi) is 5.71. The van der Waals surface area contributed by atoms with E-state index in [9.17, 15) is 13.2 Å². The normalized spacial score (nSPS) is 14.1. The molecule has 5 rings (SSSR count). The zero-order valence-corrected chi connectivity index (χ0v) is 19.0. The zero-order chi connectivity index (χ0) is 23.9. The van der Waals surface area contributed by atoms with Crippen LogP contribution < -0.4 is 9.47 Å². The zero-order valence-electron chi connectivity index (χ0n) is 19.0. The van der Waals surface area contributed by atoms with Crippen molar-refractivity contribution in [1.82, 2.24) is 9.55 Å². The predicted molar refractivity (Wildman–Crippen MR) is 125 cm³/mol. The maximum atomic E-state index is 13.4. The highest BCUT2D eigenvalue weighted by Gasteiger charge is 2.35. The number of ether oxygens (including phenoxy) is 2. The van der Waals surface area contributed by atoms with E-state index in [1.807, 2.05) is 44.2 Å². The molecule has 0 N–H and O–H groups in total. The van der Waals surface area contributed by atoms with Gasteiger partial charge in [-0.25, -0.2) is 4.98 Å². The fraction of sp³-hybridized carbons (Fsp3) is 0.296. The molecule has 1 aliphatic carbocycles. The number of pyridine rings is 1. The lowest BCUT2D eigenvalue weighted by atomic mass is 10.1. The molecule has 4 nitrogen and oxygen atoms in total. The molecule has 1 fully saturated rings. The second-order valence-electron chi connectivity index (χ2n) is 8.95. The summed E-state index contributed by atoms with van der Waals surface area (Å²) in [6.45, 7) is 4.83. The van der Waals surface area contributed by atoms with Crippen molar-refractivity contribution in [3.8, 4) is 28.6 Å². The molecule has 0 spiro atoms. The SMILES string of the molecule is CC(C)Oc1ccc(-c2cc3ccc(Oc4ncccc4C(F)(F)F)cc3n2CC2CC2)cc1. The second-order valence-corrected chi connectivity index (χ2v) is 8.95. The van der Waals surface area contributed by atoms with Gasteiger partial charge < -0.3 is 14.0 Å². The summed E-state index contributed by atoms with van der Waals surface area (Å²) >= 11 is 0. The molecule has 34 heavy (non-hydrogen) atoms. The van der Waals surface area contributed by atoms with E-state index in [2.05, 4.69) is 15.6 Å². The molecule has 0 unspecified atom stereocenters. The number of alkyl halides is 3. The van der Waals surface area contributed by atoms with Crippen LogP contribution in [-0.2, 0) is 12.7 Å². The van der Waals surface area contributed by atoms with E-state index < -0.39 is 17.6 Å². The molecule has 0 aliphatic heterocycles. The van der Waals surface area contributed by atoms with E-state index in [1.165, 1.54) is 25.1 Å². The van der Waals surface area contributed by atoms with Crippen molar-refractivity contribution in [2.24, 2.45) is 5.92 Å². The van der Waals surface area contributed by atoms with E-state index in [4.69, 9.17) is 9.47 Å². The number of nitrogens with zero attached hydrogens (tertiary/aromatic N) is 2. The summed E-state index contributed by atoms with van der Waals surface area (Å²) in [4.78, 5) is 3.82. The topological polar surface area (TPSA) is 36.3 Å². The minimum absolute atomic E-state index is 0.0996. The highest BCUT2D eigenvalue weighted by molar-refractivity contribution is 5.88. The molecule has 2 aromatic heterocycles. The summed E-state index contributed by atoms with van der Waals surface area (Å²) in [5.74, 6) is 1.29. The lowest BCUT2D eigenvalue weighted by Gasteiger charge is -2.14. The number of halogens is 3. The minimum Gasteiger partial charge on any atom is -0.491 e. The standard InChI is InChI=1S/C27H25F3N2O2/c1-17(2)33-21-10-7-19(8-11-21)24-14-20-9-12-22(15-25(20)32(24)16-18-5-6-18)34-26-23(27(28,29)30)4-3-13-31-26/h3-4,7-15,17-18H,5-6,16H2,1-2H3. The van der Waals surface area contributed by atoms with Gasteiger partial charge in [0.2, 0.25) is 5.88 Å². The number of fused-ring (bicyclic) bond motifs is 1. The highest BCUT2D eigenvalue weighted by atomic mass is 19.4. The molecule has 4 aromatic rings. The summed E-state index contributed by atoms with van der Waals surface area (Å²) in [6.07, 6.45) is -0.788. The van der Waals surface area contributed by atoms with Crippen LogP contribution in [0.1, 0.15) is 32.3 Å². The third-order valence-corrected chi connectivity index (χ3v) is 5.83. The number of rotatable bonds is 7. The van der Waals surface area contributed by atoms with Crippen molar-refractivity contribution in [2.45, 2.75) is 45.5 Å². The second kappa shape index (κ2) is 8.70. The van der Waals surface area contributed by atoms with Gasteiger partial charge >= 0.3 is 6.18 Å². The molecule has 2 aromatic carbocycles. The Morgan fingerprint density at radius 1 is 1.00 bits per heavy atom. The summed E-state index contributed by atoms with van der Waals surface area (Å²) in [5, 5.41) is 1.00. The first kappa shape index (κ1) is 22.3. The van der Waals surface area contributed by atoms with Crippen LogP contribution in [-0.4, -0.2) is 15.7 Å². The van der Waals surface area contributed by atoms with Gasteiger partial charge in [-0.1, -0.05) is 0 Å². The van der Waals surface area contributed by atoms with Crippen LogP contribution in [0.3, 0.4) is 0 Å². The third kappa shape index (κ3) is 4.74. The molecule has 0 bridgehead atoms. The van der Waals surface area contributed by atoms with E-state index in [0.717, 1.165) is 40.5 Å². The first-order chi connectivity index (χ1) is 16.3. The fourth-order valence-electron chi connectivity index (χ4n) is 4.07. The quantitative estimate of drug-likeness (QED) is 0.280. The summed E-state index contributed by atoms with van der Waals surface area (Å²) in [5.41, 5.74) is 2.14. The van der Waals surface area contributed by atoms with Crippen LogP contribution in [0.5, 0.6) is 17.4 Å². The molecule has 0 amide bonds. The number of benzene rings is 2. The van der Waals surface area contributed by atoms with Gasteiger partial charge in [-0.05, 0) is 92.8 Å². The molecule has 0 atom stereocenters. The monoisotopic (exact) mass is 466 g/mol. The van der Waals surface area contributed by atoms with Crippen molar-refractivity contribution >= 4 is 10.9 Å². The van der Waals surface area contributed by atoms with Crippen molar-refractivity contribution in [1.29, 1.82) is 0 Å². The molecule has 1 aliphatic rings. The summed E-state index contributed by atoms with van der Waals surface area (Å²) in [6, 6.07) is 17.7. The van der Waals surface area contributed by atoms with Crippen LogP contribution >= 0.6 is 0 Å². The highest BCUT2D eigenvalue weighted by Crippen LogP contribution is 2.39. The molecule has 1 saturated carbocycles. The largest absolute Gasteiger partial charge is 0.491 e. The lowest BCUT2D eigenvalue weighted by Crippen LogP contribution is -2.08. The predicted octanol–water partition coefficient (Wildman–Crippen LogP) is 7.71. The summed E-state index contributed by atoms with van der Waals surface area (Å²) < 4.78 is 53.8. The Morgan fingerprint density at radius 2 is 1.74 bits per heavy atom. The van der Waals surface area contributed by atoms with Crippen LogP contribution in [0, 0.1) is 5.92 Å². The Balaban J connectivity index is 1.53. The van der Waals surface area contributed by atoms with Crippen LogP contribution in [0.4, 0.5) is 13.2 Å². The third-order valence-electron chi connectivity index (χ3n) is 5.83.